The van der Waals surface area contributed by atoms with Crippen LogP contribution in [0.2, 0.25) is 0 Å². The van der Waals surface area contributed by atoms with E-state index in [0.717, 1.165) is 11.3 Å². The minimum Gasteiger partial charge on any atom is -0.475 e. The van der Waals surface area contributed by atoms with Gasteiger partial charge in [0.15, 0.2) is 17.5 Å². The van der Waals surface area contributed by atoms with Crippen LogP contribution in [0.3, 0.4) is 0 Å². The normalized spacial score (nSPS) is 17.9. The Kier molecular flexibility index (Phi) is 7.44. The molecule has 0 unspecified atom stereocenters. The summed E-state index contributed by atoms with van der Waals surface area (Å²) in [6.07, 6.45) is 0.646. The first-order chi connectivity index (χ1) is 14.7. The molecule has 2 N–H and O–H groups in total. The maximum Gasteiger partial charge on any atom is 0.422 e. The molecule has 31 heavy (non-hydrogen) atoms. The number of nitrogens with one attached hydrogen (secondary N) is 2. The van der Waals surface area contributed by atoms with Crippen molar-refractivity contribution in [3.8, 4) is 5.06 Å². The lowest BCUT2D eigenvalue weighted by Gasteiger charge is -2.17. The van der Waals surface area contributed by atoms with Gasteiger partial charge in [-0.05, 0) is 32.0 Å². The van der Waals surface area contributed by atoms with Crippen molar-refractivity contribution >= 4 is 29.0 Å². The topological polar surface area (TPSA) is 96.5 Å². The quantitative estimate of drug-likeness (QED) is 0.633. The fourth-order valence-electron chi connectivity index (χ4n) is 3.14. The first-order valence-corrected chi connectivity index (χ1v) is 10.4. The third-order valence-electron chi connectivity index (χ3n) is 4.61. The highest BCUT2D eigenvalue weighted by Gasteiger charge is 2.31. The third kappa shape index (κ3) is 7.17. The lowest BCUT2D eigenvalue weighted by molar-refractivity contribution is -0.152. The van der Waals surface area contributed by atoms with Crippen LogP contribution < -0.4 is 15.4 Å². The predicted molar refractivity (Wildman–Crippen MR) is 108 cm³/mol. The number of nitrogens with zero attached hydrogens (tertiary/aromatic N) is 3. The highest BCUT2D eigenvalue weighted by atomic mass is 32.1. The van der Waals surface area contributed by atoms with Gasteiger partial charge in [0.1, 0.15) is 0 Å². The van der Waals surface area contributed by atoms with E-state index in [1.165, 1.54) is 24.7 Å². The lowest BCUT2D eigenvalue weighted by Crippen LogP contribution is -2.36. The number of amides is 2. The second kappa shape index (κ2) is 10.1. The van der Waals surface area contributed by atoms with Gasteiger partial charge in [-0.1, -0.05) is 0 Å². The molecule has 1 aliphatic heterocycles. The summed E-state index contributed by atoms with van der Waals surface area (Å²) in [6.45, 7) is 1.60. The molecule has 0 radical (unpaired) electrons. The van der Waals surface area contributed by atoms with Gasteiger partial charge in [-0.15, -0.1) is 11.3 Å². The summed E-state index contributed by atoms with van der Waals surface area (Å²) >= 11 is 1.06. The van der Waals surface area contributed by atoms with E-state index in [1.54, 1.807) is 13.0 Å². The number of halogens is 3. The second-order valence-electron chi connectivity index (χ2n) is 7.15. The summed E-state index contributed by atoms with van der Waals surface area (Å²) in [5.74, 6) is -0.299. The van der Waals surface area contributed by atoms with Crippen molar-refractivity contribution in [2.24, 2.45) is 5.92 Å². The largest absolute Gasteiger partial charge is 0.475 e. The van der Waals surface area contributed by atoms with E-state index < -0.39 is 12.8 Å². The molecule has 0 aliphatic carbocycles. The van der Waals surface area contributed by atoms with Crippen LogP contribution in [0, 0.1) is 5.92 Å². The van der Waals surface area contributed by atoms with Gasteiger partial charge in [0.05, 0.1) is 24.7 Å². The molecule has 2 aromatic rings. The standard InChI is InChI=1S/C19H22F3N5O3S/c1-12(14-2-3-17(31-14)30-11-19(20,21)22)25-18(29)13-4-7-27(9-13)10-16(28)26-15-8-23-5-6-24-15/h2-3,5-6,8,12-13H,4,7,9-11H2,1H3,(H,25,29)(H,24,26,28)/t12-,13-/m1/s1. The van der Waals surface area contributed by atoms with Crippen molar-refractivity contribution in [1.82, 2.24) is 20.2 Å². The zero-order chi connectivity index (χ0) is 22.4. The number of alkyl halides is 3. The maximum absolute atomic E-state index is 12.6. The molecule has 0 bridgehead atoms. The average Bonchev–Trinajstić information content (AvgIpc) is 3.36. The Bertz CT molecular complexity index is 893. The molecule has 8 nitrogen and oxygen atoms in total. The summed E-state index contributed by atoms with van der Waals surface area (Å²) in [5.41, 5.74) is 0. The molecule has 1 saturated heterocycles. The van der Waals surface area contributed by atoms with Crippen molar-refractivity contribution in [3.63, 3.8) is 0 Å². The van der Waals surface area contributed by atoms with Crippen molar-refractivity contribution in [3.05, 3.63) is 35.6 Å². The van der Waals surface area contributed by atoms with E-state index in [1.807, 2.05) is 4.90 Å². The number of carbonyl (C=O) groups is 2. The Hall–Kier alpha value is -2.73. The first kappa shape index (κ1) is 22.9. The molecule has 1 fully saturated rings. The molecule has 2 amide bonds. The average molecular weight is 457 g/mol. The number of ether oxygens (including phenoxy) is 1. The van der Waals surface area contributed by atoms with Gasteiger partial charge in [0, 0.05) is 23.8 Å². The Morgan fingerprint density at radius 2 is 2.16 bits per heavy atom. The van der Waals surface area contributed by atoms with Crippen LogP contribution in [0.5, 0.6) is 5.06 Å². The highest BCUT2D eigenvalue weighted by molar-refractivity contribution is 7.13. The van der Waals surface area contributed by atoms with Gasteiger partial charge in [0.25, 0.3) is 0 Å². The SMILES string of the molecule is C[C@@H](NC(=O)[C@@H]1CCN(CC(=O)Nc2cnccn2)C1)c1ccc(OCC(F)(F)F)s1. The van der Waals surface area contributed by atoms with E-state index in [2.05, 4.69) is 20.6 Å². The number of thiophene rings is 1. The number of hydrogen-bond acceptors (Lipinski definition) is 7. The fraction of sp³-hybridized carbons (Fsp3) is 0.474. The molecule has 0 aromatic carbocycles. The summed E-state index contributed by atoms with van der Waals surface area (Å²) in [5, 5.41) is 5.69. The van der Waals surface area contributed by atoms with Crippen LogP contribution >= 0.6 is 11.3 Å². The van der Waals surface area contributed by atoms with Crippen molar-refractivity contribution in [1.29, 1.82) is 0 Å². The Labute approximate surface area is 180 Å². The number of hydrogen-bond donors (Lipinski definition) is 2. The second-order valence-corrected chi connectivity index (χ2v) is 8.23. The van der Waals surface area contributed by atoms with Crippen molar-refractivity contribution in [2.45, 2.75) is 25.6 Å². The van der Waals surface area contributed by atoms with Crippen LogP contribution in [0.15, 0.2) is 30.7 Å². The molecular weight excluding hydrogens is 435 g/mol. The van der Waals surface area contributed by atoms with Gasteiger partial charge >= 0.3 is 6.18 Å². The predicted octanol–water partition coefficient (Wildman–Crippen LogP) is 2.62. The van der Waals surface area contributed by atoms with Crippen molar-refractivity contribution < 1.29 is 27.5 Å². The fourth-order valence-corrected chi connectivity index (χ4v) is 4.00. The highest BCUT2D eigenvalue weighted by Crippen LogP contribution is 2.31. The van der Waals surface area contributed by atoms with E-state index >= 15 is 0 Å². The number of carbonyl (C=O) groups excluding carboxylic acids is 2. The lowest BCUT2D eigenvalue weighted by atomic mass is 10.1. The van der Waals surface area contributed by atoms with Gasteiger partial charge in [-0.2, -0.15) is 13.2 Å². The molecule has 3 rings (SSSR count). The minimum absolute atomic E-state index is 0.140. The number of likely N-dealkylation sites (tertiary alicyclic amines) is 1. The van der Waals surface area contributed by atoms with Crippen LogP contribution in [0.1, 0.15) is 24.3 Å². The van der Waals surface area contributed by atoms with Crippen LogP contribution in [0.25, 0.3) is 0 Å². The summed E-state index contributed by atoms with van der Waals surface area (Å²) in [7, 11) is 0. The molecule has 0 saturated carbocycles. The molecule has 3 heterocycles. The van der Waals surface area contributed by atoms with Crippen LogP contribution in [-0.4, -0.2) is 59.1 Å². The monoisotopic (exact) mass is 457 g/mol. The number of anilines is 1. The minimum atomic E-state index is -4.40. The summed E-state index contributed by atoms with van der Waals surface area (Å²) in [6, 6.07) is 2.73. The Morgan fingerprint density at radius 1 is 1.35 bits per heavy atom. The van der Waals surface area contributed by atoms with E-state index in [0.29, 0.717) is 30.2 Å². The number of aromatic nitrogens is 2. The smallest absolute Gasteiger partial charge is 0.422 e. The third-order valence-corrected chi connectivity index (χ3v) is 5.79. The maximum atomic E-state index is 12.6. The van der Waals surface area contributed by atoms with E-state index in [4.69, 9.17) is 4.74 Å². The zero-order valence-corrected chi connectivity index (χ0v) is 17.5. The molecule has 168 valence electrons. The number of rotatable bonds is 8. The van der Waals surface area contributed by atoms with E-state index in [-0.39, 0.29) is 35.4 Å². The van der Waals surface area contributed by atoms with Crippen molar-refractivity contribution in [2.75, 3.05) is 31.6 Å². The molecule has 12 heteroatoms. The van der Waals surface area contributed by atoms with Gasteiger partial charge < -0.3 is 15.4 Å². The van der Waals surface area contributed by atoms with Crippen LogP contribution in [-0.2, 0) is 9.59 Å². The molecule has 0 spiro atoms. The molecule has 2 aromatic heterocycles. The Balaban J connectivity index is 1.43. The Morgan fingerprint density at radius 3 is 2.87 bits per heavy atom. The summed E-state index contributed by atoms with van der Waals surface area (Å²) < 4.78 is 41.5. The molecular formula is C19H22F3N5O3S. The molecule has 1 aliphatic rings. The zero-order valence-electron chi connectivity index (χ0n) is 16.7. The van der Waals surface area contributed by atoms with E-state index in [9.17, 15) is 22.8 Å². The van der Waals surface area contributed by atoms with Gasteiger partial charge in [0.2, 0.25) is 11.8 Å². The van der Waals surface area contributed by atoms with Gasteiger partial charge in [-0.3, -0.25) is 19.5 Å². The first-order valence-electron chi connectivity index (χ1n) is 9.57. The van der Waals surface area contributed by atoms with Crippen LogP contribution in [0.4, 0.5) is 19.0 Å². The molecule has 2 atom stereocenters. The van der Waals surface area contributed by atoms with Gasteiger partial charge in [-0.25, -0.2) is 4.98 Å². The summed E-state index contributed by atoms with van der Waals surface area (Å²) in [4.78, 5) is 35.1.